The molecule has 1 aliphatic rings. The molecule has 10 nitrogen and oxygen atoms in total. The smallest absolute Gasteiger partial charge is 0.331 e. The van der Waals surface area contributed by atoms with Gasteiger partial charge in [-0.2, -0.15) is 5.10 Å². The molecule has 1 aromatic heterocycles. The van der Waals surface area contributed by atoms with Gasteiger partial charge in [0.25, 0.3) is 0 Å². The largest absolute Gasteiger partial charge is 0.479 e. The first-order valence-electron chi connectivity index (χ1n) is 7.07. The van der Waals surface area contributed by atoms with Gasteiger partial charge in [-0.15, -0.1) is 0 Å². The number of hydrogen-bond donors (Lipinski definition) is 2. The Morgan fingerprint density at radius 1 is 1.52 bits per heavy atom. The van der Waals surface area contributed by atoms with E-state index in [1.807, 2.05) is 0 Å². The Hall–Kier alpha value is -2.49. The summed E-state index contributed by atoms with van der Waals surface area (Å²) in [5, 5.41) is 26.7. The van der Waals surface area contributed by atoms with E-state index in [0.717, 1.165) is 0 Å². The number of amides is 1. The number of aromatic nitrogens is 2. The second-order valence-electron chi connectivity index (χ2n) is 5.49. The van der Waals surface area contributed by atoms with E-state index in [9.17, 15) is 24.8 Å². The molecule has 1 fully saturated rings. The van der Waals surface area contributed by atoms with Crippen LogP contribution in [-0.4, -0.2) is 50.4 Å². The predicted molar refractivity (Wildman–Crippen MR) is 76.9 cm³/mol. The molecule has 0 bridgehead atoms. The fraction of sp³-hybridized carbons (Fsp3) is 0.615. The van der Waals surface area contributed by atoms with Crippen molar-refractivity contribution in [2.75, 3.05) is 13.2 Å². The summed E-state index contributed by atoms with van der Waals surface area (Å²) in [6, 6.07) is 0. The number of ether oxygens (including phenoxy) is 1. The lowest BCUT2D eigenvalue weighted by molar-refractivity contribution is -0.386. The van der Waals surface area contributed by atoms with Crippen molar-refractivity contribution >= 4 is 17.6 Å². The maximum atomic E-state index is 12.0. The van der Waals surface area contributed by atoms with Crippen molar-refractivity contribution in [3.8, 4) is 0 Å². The Morgan fingerprint density at radius 2 is 2.22 bits per heavy atom. The second-order valence-corrected chi connectivity index (χ2v) is 5.49. The third kappa shape index (κ3) is 3.31. The lowest BCUT2D eigenvalue weighted by Gasteiger charge is -2.23. The van der Waals surface area contributed by atoms with E-state index < -0.39 is 22.3 Å². The molecule has 0 radical (unpaired) electrons. The van der Waals surface area contributed by atoms with E-state index in [0.29, 0.717) is 5.69 Å². The fourth-order valence-corrected chi connectivity index (χ4v) is 2.59. The van der Waals surface area contributed by atoms with Gasteiger partial charge in [-0.25, -0.2) is 4.79 Å². The van der Waals surface area contributed by atoms with Crippen LogP contribution >= 0.6 is 0 Å². The van der Waals surface area contributed by atoms with Crippen molar-refractivity contribution in [3.05, 3.63) is 21.5 Å². The first kappa shape index (κ1) is 16.9. The number of carbonyl (C=O) groups is 2. The van der Waals surface area contributed by atoms with Crippen molar-refractivity contribution in [2.24, 2.45) is 0 Å². The molecule has 0 spiro atoms. The third-order valence-corrected chi connectivity index (χ3v) is 3.89. The summed E-state index contributed by atoms with van der Waals surface area (Å²) < 4.78 is 6.44. The zero-order valence-electron chi connectivity index (χ0n) is 12.9. The van der Waals surface area contributed by atoms with Crippen LogP contribution in [0.5, 0.6) is 0 Å². The van der Waals surface area contributed by atoms with Gasteiger partial charge in [-0.05, 0) is 13.8 Å². The summed E-state index contributed by atoms with van der Waals surface area (Å²) in [6.07, 6.45) is 0.174. The van der Waals surface area contributed by atoms with E-state index in [2.05, 4.69) is 10.4 Å². The van der Waals surface area contributed by atoms with Crippen LogP contribution in [0.25, 0.3) is 0 Å². The van der Waals surface area contributed by atoms with Crippen molar-refractivity contribution < 1.29 is 24.4 Å². The molecule has 2 heterocycles. The highest BCUT2D eigenvalue weighted by Crippen LogP contribution is 2.22. The summed E-state index contributed by atoms with van der Waals surface area (Å²) in [6.45, 7) is 3.41. The Morgan fingerprint density at radius 3 is 2.70 bits per heavy atom. The third-order valence-electron chi connectivity index (χ3n) is 3.89. The van der Waals surface area contributed by atoms with Crippen LogP contribution < -0.4 is 5.32 Å². The average Bonchev–Trinajstić information content (AvgIpc) is 3.02. The number of carboxylic acids is 1. The first-order valence-corrected chi connectivity index (χ1v) is 7.07. The molecule has 10 heteroatoms. The summed E-state index contributed by atoms with van der Waals surface area (Å²) in [5.74, 6) is -1.60. The zero-order valence-corrected chi connectivity index (χ0v) is 12.9. The quantitative estimate of drug-likeness (QED) is 0.561. The SMILES string of the molecule is Cc1nn(CCC(=O)NC2(C(=O)O)CCOC2)c(C)c1[N+](=O)[O-]. The van der Waals surface area contributed by atoms with Gasteiger partial charge >= 0.3 is 11.7 Å². The highest BCUT2D eigenvalue weighted by Gasteiger charge is 2.43. The molecule has 0 saturated carbocycles. The Bertz CT molecular complexity index is 647. The summed E-state index contributed by atoms with van der Waals surface area (Å²) in [5.41, 5.74) is -0.828. The van der Waals surface area contributed by atoms with Gasteiger partial charge in [0.15, 0.2) is 5.54 Å². The maximum Gasteiger partial charge on any atom is 0.331 e. The van der Waals surface area contributed by atoms with Gasteiger partial charge in [0.2, 0.25) is 5.91 Å². The molecule has 1 unspecified atom stereocenters. The zero-order chi connectivity index (χ0) is 17.2. The second kappa shape index (κ2) is 6.32. The van der Waals surface area contributed by atoms with Crippen molar-refractivity contribution in [3.63, 3.8) is 0 Å². The molecule has 2 N–H and O–H groups in total. The van der Waals surface area contributed by atoms with Gasteiger partial charge in [-0.1, -0.05) is 0 Å². The lowest BCUT2D eigenvalue weighted by atomic mass is 9.99. The van der Waals surface area contributed by atoms with E-state index in [1.165, 1.54) is 11.6 Å². The molecule has 126 valence electrons. The molecule has 1 amide bonds. The standard InChI is InChI=1S/C13H18N4O6/c1-8-11(17(21)22)9(2)16(15-8)5-3-10(18)14-13(12(19)20)4-6-23-7-13/h3-7H2,1-2H3,(H,14,18)(H,19,20). The number of rotatable bonds is 6. The highest BCUT2D eigenvalue weighted by atomic mass is 16.6. The van der Waals surface area contributed by atoms with Crippen LogP contribution in [-0.2, 0) is 20.9 Å². The number of hydrogen-bond acceptors (Lipinski definition) is 6. The van der Waals surface area contributed by atoms with Crippen LogP contribution in [0.2, 0.25) is 0 Å². The molecular formula is C13H18N4O6. The van der Waals surface area contributed by atoms with Crippen molar-refractivity contribution in [1.29, 1.82) is 0 Å². The van der Waals surface area contributed by atoms with Crippen LogP contribution in [0, 0.1) is 24.0 Å². The number of carboxylic acid groups (broad SMARTS) is 1. The molecule has 1 aromatic rings. The van der Waals surface area contributed by atoms with Crippen molar-refractivity contribution in [1.82, 2.24) is 15.1 Å². The van der Waals surface area contributed by atoms with E-state index >= 15 is 0 Å². The minimum Gasteiger partial charge on any atom is -0.479 e. The number of aliphatic carboxylic acids is 1. The minimum absolute atomic E-state index is 0.0336. The summed E-state index contributed by atoms with van der Waals surface area (Å²) in [7, 11) is 0. The van der Waals surface area contributed by atoms with Gasteiger partial charge in [0, 0.05) is 19.4 Å². The number of carbonyl (C=O) groups excluding carboxylic acids is 1. The molecular weight excluding hydrogens is 308 g/mol. The molecule has 2 rings (SSSR count). The Kier molecular flexibility index (Phi) is 4.64. The molecule has 1 saturated heterocycles. The average molecular weight is 326 g/mol. The van der Waals surface area contributed by atoms with E-state index in [1.54, 1.807) is 6.92 Å². The van der Waals surface area contributed by atoms with Crippen LogP contribution in [0.1, 0.15) is 24.2 Å². The summed E-state index contributed by atoms with van der Waals surface area (Å²) in [4.78, 5) is 33.8. The normalized spacial score (nSPS) is 20.4. The van der Waals surface area contributed by atoms with Gasteiger partial charge in [0.1, 0.15) is 11.4 Å². The van der Waals surface area contributed by atoms with Gasteiger partial charge < -0.3 is 15.2 Å². The highest BCUT2D eigenvalue weighted by molar-refractivity contribution is 5.87. The first-order chi connectivity index (χ1) is 10.8. The minimum atomic E-state index is -1.39. The van der Waals surface area contributed by atoms with Gasteiger partial charge in [-0.3, -0.25) is 19.6 Å². The molecule has 23 heavy (non-hydrogen) atoms. The van der Waals surface area contributed by atoms with Crippen molar-refractivity contribution in [2.45, 2.75) is 38.8 Å². The van der Waals surface area contributed by atoms with E-state index in [-0.39, 0.29) is 44.0 Å². The van der Waals surface area contributed by atoms with Gasteiger partial charge in [0.05, 0.1) is 18.1 Å². The van der Waals surface area contributed by atoms with Crippen LogP contribution in [0.3, 0.4) is 0 Å². The lowest BCUT2D eigenvalue weighted by Crippen LogP contribution is -2.55. The van der Waals surface area contributed by atoms with E-state index in [4.69, 9.17) is 4.74 Å². The maximum absolute atomic E-state index is 12.0. The number of aryl methyl sites for hydroxylation is 2. The molecule has 0 aliphatic carbocycles. The number of nitrogens with zero attached hydrogens (tertiary/aromatic N) is 3. The van der Waals surface area contributed by atoms with Crippen LogP contribution in [0.4, 0.5) is 5.69 Å². The topological polar surface area (TPSA) is 137 Å². The number of nitrogens with one attached hydrogen (secondary N) is 1. The fourth-order valence-electron chi connectivity index (χ4n) is 2.59. The Labute approximate surface area is 131 Å². The summed E-state index contributed by atoms with van der Waals surface area (Å²) >= 11 is 0. The molecule has 0 aromatic carbocycles. The predicted octanol–water partition coefficient (Wildman–Crippen LogP) is 0.158. The molecule has 1 atom stereocenters. The Balaban J connectivity index is 2.01. The van der Waals surface area contributed by atoms with Crippen LogP contribution in [0.15, 0.2) is 0 Å². The monoisotopic (exact) mass is 326 g/mol. The molecule has 1 aliphatic heterocycles. The number of nitro groups is 1.